The Balaban J connectivity index is 1.56. The maximum absolute atomic E-state index is 12.6. The molecular formula is C22H26N4O2. The zero-order chi connectivity index (χ0) is 20.1. The minimum atomic E-state index is -0.155. The SMILES string of the molecule is CC(C)=CC(=O)Nc1ccc(N2CCN(C(=O)c3ccc(C)cc3)CC2)nc1. The molecule has 28 heavy (non-hydrogen) atoms. The van der Waals surface area contributed by atoms with Crippen molar-refractivity contribution in [2.45, 2.75) is 20.8 Å². The molecule has 6 heteroatoms. The first kappa shape index (κ1) is 19.6. The van der Waals surface area contributed by atoms with Crippen LogP contribution in [0.25, 0.3) is 0 Å². The number of aryl methyl sites for hydroxylation is 1. The zero-order valence-corrected chi connectivity index (χ0v) is 16.6. The highest BCUT2D eigenvalue weighted by Gasteiger charge is 2.22. The number of benzene rings is 1. The second-order valence-corrected chi connectivity index (χ2v) is 7.26. The average molecular weight is 378 g/mol. The van der Waals surface area contributed by atoms with Crippen LogP contribution >= 0.6 is 0 Å². The van der Waals surface area contributed by atoms with E-state index < -0.39 is 0 Å². The van der Waals surface area contributed by atoms with E-state index in [0.29, 0.717) is 18.8 Å². The molecular weight excluding hydrogens is 352 g/mol. The van der Waals surface area contributed by atoms with Crippen molar-refractivity contribution in [3.8, 4) is 0 Å². The molecule has 6 nitrogen and oxygen atoms in total. The van der Waals surface area contributed by atoms with Gasteiger partial charge in [0.1, 0.15) is 5.82 Å². The lowest BCUT2D eigenvalue weighted by Gasteiger charge is -2.35. The van der Waals surface area contributed by atoms with Crippen LogP contribution < -0.4 is 10.2 Å². The third kappa shape index (κ3) is 4.97. The molecule has 1 aliphatic heterocycles. The molecule has 0 saturated carbocycles. The molecule has 0 radical (unpaired) electrons. The van der Waals surface area contributed by atoms with Crippen molar-refractivity contribution in [3.05, 3.63) is 65.4 Å². The van der Waals surface area contributed by atoms with E-state index in [2.05, 4.69) is 15.2 Å². The fourth-order valence-corrected chi connectivity index (χ4v) is 3.10. The van der Waals surface area contributed by atoms with Crippen LogP contribution in [-0.2, 0) is 4.79 Å². The maximum atomic E-state index is 12.6. The quantitative estimate of drug-likeness (QED) is 0.830. The van der Waals surface area contributed by atoms with E-state index in [1.54, 1.807) is 12.3 Å². The highest BCUT2D eigenvalue weighted by Crippen LogP contribution is 2.17. The lowest BCUT2D eigenvalue weighted by molar-refractivity contribution is -0.111. The summed E-state index contributed by atoms with van der Waals surface area (Å²) in [5.74, 6) is 0.769. The minimum Gasteiger partial charge on any atom is -0.353 e. The number of anilines is 2. The summed E-state index contributed by atoms with van der Waals surface area (Å²) < 4.78 is 0. The van der Waals surface area contributed by atoms with Gasteiger partial charge in [-0.2, -0.15) is 0 Å². The van der Waals surface area contributed by atoms with E-state index in [1.165, 1.54) is 0 Å². The van der Waals surface area contributed by atoms with Crippen molar-refractivity contribution in [1.29, 1.82) is 0 Å². The largest absolute Gasteiger partial charge is 0.353 e. The Kier molecular flexibility index (Phi) is 6.09. The second kappa shape index (κ2) is 8.69. The standard InChI is InChI=1S/C22H26N4O2/c1-16(2)14-21(27)24-19-8-9-20(23-15-19)25-10-12-26(13-11-25)22(28)18-6-4-17(3)5-7-18/h4-9,14-15H,10-13H2,1-3H3,(H,24,27). The zero-order valence-electron chi connectivity index (χ0n) is 16.6. The molecule has 1 saturated heterocycles. The number of carbonyl (C=O) groups is 2. The van der Waals surface area contributed by atoms with Gasteiger partial charge in [-0.15, -0.1) is 0 Å². The van der Waals surface area contributed by atoms with Gasteiger partial charge < -0.3 is 15.1 Å². The number of carbonyl (C=O) groups excluding carboxylic acids is 2. The summed E-state index contributed by atoms with van der Waals surface area (Å²) in [6.07, 6.45) is 3.22. The smallest absolute Gasteiger partial charge is 0.253 e. The van der Waals surface area contributed by atoms with Crippen molar-refractivity contribution < 1.29 is 9.59 Å². The first-order valence-corrected chi connectivity index (χ1v) is 9.45. The van der Waals surface area contributed by atoms with Gasteiger partial charge in [0.2, 0.25) is 5.91 Å². The number of hydrogen-bond acceptors (Lipinski definition) is 4. The number of allylic oxidation sites excluding steroid dienone is 1. The monoisotopic (exact) mass is 378 g/mol. The minimum absolute atomic E-state index is 0.0740. The third-order valence-electron chi connectivity index (χ3n) is 4.62. The normalized spacial score (nSPS) is 13.8. The number of pyridine rings is 1. The molecule has 0 aliphatic carbocycles. The van der Waals surface area contributed by atoms with Crippen molar-refractivity contribution in [3.63, 3.8) is 0 Å². The van der Waals surface area contributed by atoms with E-state index in [1.807, 2.05) is 62.1 Å². The van der Waals surface area contributed by atoms with Gasteiger partial charge in [0.05, 0.1) is 11.9 Å². The van der Waals surface area contributed by atoms with E-state index in [9.17, 15) is 9.59 Å². The first-order valence-electron chi connectivity index (χ1n) is 9.45. The van der Waals surface area contributed by atoms with E-state index in [-0.39, 0.29) is 11.8 Å². The number of nitrogens with one attached hydrogen (secondary N) is 1. The fourth-order valence-electron chi connectivity index (χ4n) is 3.10. The molecule has 0 unspecified atom stereocenters. The predicted octanol–water partition coefficient (Wildman–Crippen LogP) is 3.26. The fraction of sp³-hybridized carbons (Fsp3) is 0.318. The van der Waals surface area contributed by atoms with Crippen LogP contribution in [0.4, 0.5) is 11.5 Å². The summed E-state index contributed by atoms with van der Waals surface area (Å²) in [7, 11) is 0. The van der Waals surface area contributed by atoms with Gasteiger partial charge in [0.15, 0.2) is 0 Å². The summed E-state index contributed by atoms with van der Waals surface area (Å²) in [6.45, 7) is 8.55. The summed E-state index contributed by atoms with van der Waals surface area (Å²) in [4.78, 5) is 32.9. The molecule has 146 valence electrons. The summed E-state index contributed by atoms with van der Waals surface area (Å²) >= 11 is 0. The molecule has 2 aromatic rings. The molecule has 1 fully saturated rings. The van der Waals surface area contributed by atoms with E-state index in [0.717, 1.165) is 35.6 Å². The molecule has 0 bridgehead atoms. The van der Waals surface area contributed by atoms with Crippen LogP contribution in [0.2, 0.25) is 0 Å². The van der Waals surface area contributed by atoms with Gasteiger partial charge >= 0.3 is 0 Å². The Morgan fingerprint density at radius 2 is 1.68 bits per heavy atom. The van der Waals surface area contributed by atoms with Crippen LogP contribution in [0.5, 0.6) is 0 Å². The molecule has 2 heterocycles. The van der Waals surface area contributed by atoms with Gasteiger partial charge in [-0.25, -0.2) is 4.98 Å². The van der Waals surface area contributed by atoms with Crippen LogP contribution in [0.1, 0.15) is 29.8 Å². The van der Waals surface area contributed by atoms with E-state index >= 15 is 0 Å². The number of rotatable bonds is 4. The summed E-state index contributed by atoms with van der Waals surface area (Å²) in [5.41, 5.74) is 3.49. The summed E-state index contributed by atoms with van der Waals surface area (Å²) in [6, 6.07) is 11.4. The predicted molar refractivity (Wildman–Crippen MR) is 112 cm³/mol. The van der Waals surface area contributed by atoms with E-state index in [4.69, 9.17) is 0 Å². The highest BCUT2D eigenvalue weighted by atomic mass is 16.2. The van der Waals surface area contributed by atoms with Gasteiger partial charge in [0.25, 0.3) is 5.91 Å². The molecule has 1 aromatic carbocycles. The van der Waals surface area contributed by atoms with Gasteiger partial charge in [-0.05, 0) is 45.0 Å². The Hall–Kier alpha value is -3.15. The number of nitrogens with zero attached hydrogens (tertiary/aromatic N) is 3. The summed E-state index contributed by atoms with van der Waals surface area (Å²) in [5, 5.41) is 2.80. The highest BCUT2D eigenvalue weighted by molar-refractivity contribution is 5.99. The van der Waals surface area contributed by atoms with Crippen molar-refractivity contribution in [2.24, 2.45) is 0 Å². The van der Waals surface area contributed by atoms with Gasteiger partial charge in [-0.3, -0.25) is 9.59 Å². The van der Waals surface area contributed by atoms with Gasteiger partial charge in [0, 0.05) is 37.8 Å². The Morgan fingerprint density at radius 1 is 1.00 bits per heavy atom. The molecule has 0 spiro atoms. The van der Waals surface area contributed by atoms with Crippen molar-refractivity contribution in [1.82, 2.24) is 9.88 Å². The van der Waals surface area contributed by atoms with Crippen LogP contribution in [-0.4, -0.2) is 47.9 Å². The topological polar surface area (TPSA) is 65.5 Å². The molecule has 1 N–H and O–H groups in total. The number of aromatic nitrogens is 1. The molecule has 3 rings (SSSR count). The molecule has 1 aromatic heterocycles. The maximum Gasteiger partial charge on any atom is 0.253 e. The average Bonchev–Trinajstić information content (AvgIpc) is 2.68. The number of piperazine rings is 1. The second-order valence-electron chi connectivity index (χ2n) is 7.26. The van der Waals surface area contributed by atoms with Crippen LogP contribution in [0.15, 0.2) is 54.2 Å². The lowest BCUT2D eigenvalue weighted by atomic mass is 10.1. The third-order valence-corrected chi connectivity index (χ3v) is 4.62. The molecule has 2 amide bonds. The Morgan fingerprint density at radius 3 is 2.25 bits per heavy atom. The van der Waals surface area contributed by atoms with Crippen LogP contribution in [0.3, 0.4) is 0 Å². The molecule has 0 atom stereocenters. The van der Waals surface area contributed by atoms with Crippen LogP contribution in [0, 0.1) is 6.92 Å². The Bertz CT molecular complexity index is 860. The number of amides is 2. The van der Waals surface area contributed by atoms with Crippen molar-refractivity contribution >= 4 is 23.3 Å². The Labute approximate surface area is 165 Å². The number of hydrogen-bond donors (Lipinski definition) is 1. The lowest BCUT2D eigenvalue weighted by Crippen LogP contribution is -2.49. The van der Waals surface area contributed by atoms with Crippen molar-refractivity contribution in [2.75, 3.05) is 36.4 Å². The molecule has 1 aliphatic rings. The van der Waals surface area contributed by atoms with Gasteiger partial charge in [-0.1, -0.05) is 23.3 Å². The first-order chi connectivity index (χ1) is 13.4.